The third-order valence-electron chi connectivity index (χ3n) is 6.71. The Morgan fingerprint density at radius 1 is 1.04 bits per heavy atom. The van der Waals surface area contributed by atoms with Gasteiger partial charge in [-0.2, -0.15) is 0 Å². The number of fused-ring (bicyclic) bond motifs is 1. The molecule has 0 saturated heterocycles. The Kier molecular flexibility index (Phi) is 9.66. The summed E-state index contributed by atoms with van der Waals surface area (Å²) in [6.45, 7) is 3.39. The van der Waals surface area contributed by atoms with Gasteiger partial charge in [-0.3, -0.25) is 0 Å². The maximum atomic E-state index is 10.5. The van der Waals surface area contributed by atoms with E-state index in [1.54, 1.807) is 0 Å². The van der Waals surface area contributed by atoms with Crippen LogP contribution in [0.4, 0.5) is 0 Å². The molecule has 0 aromatic rings. The molecule has 0 radical (unpaired) electrons. The molecule has 2 N–H and O–H groups in total. The van der Waals surface area contributed by atoms with E-state index in [9.17, 15) is 10.2 Å². The molecule has 0 aromatic carbocycles. The highest BCUT2D eigenvalue weighted by Gasteiger charge is 2.46. The van der Waals surface area contributed by atoms with E-state index >= 15 is 0 Å². The Bertz CT molecular complexity index is 409. The number of nitrogens with zero attached hydrogens (tertiary/aromatic N) is 1. The smallest absolute Gasteiger partial charge is 0.0721 e. The summed E-state index contributed by atoms with van der Waals surface area (Å²) in [5.74, 6) is 2.50. The van der Waals surface area contributed by atoms with E-state index in [0.29, 0.717) is 11.8 Å². The molecule has 3 nitrogen and oxygen atoms in total. The van der Waals surface area contributed by atoms with Crippen molar-refractivity contribution in [1.82, 2.24) is 4.90 Å². The van der Waals surface area contributed by atoms with Crippen LogP contribution in [0.15, 0.2) is 12.2 Å². The number of hydrogen-bond donors (Lipinski definition) is 2. The fraction of sp³-hybridized carbons (Fsp3) is 0.913. The molecule has 3 heteroatoms. The van der Waals surface area contributed by atoms with Gasteiger partial charge in [-0.15, -0.1) is 0 Å². The van der Waals surface area contributed by atoms with Gasteiger partial charge in [0.05, 0.1) is 12.2 Å². The lowest BCUT2D eigenvalue weighted by molar-refractivity contribution is 0.133. The van der Waals surface area contributed by atoms with Crippen molar-refractivity contribution in [2.75, 3.05) is 20.6 Å². The van der Waals surface area contributed by atoms with Crippen LogP contribution in [0.3, 0.4) is 0 Å². The van der Waals surface area contributed by atoms with Crippen LogP contribution >= 0.6 is 0 Å². The SMILES string of the molecule is CCCCC[C@H](O)/C=C/[C@@H]1[C@H]2C[C@H](CCCCCN(C)C)C[C@H]2C[C@H]1O. The predicted octanol–water partition coefficient (Wildman–Crippen LogP) is 4.63. The van der Waals surface area contributed by atoms with Gasteiger partial charge in [-0.25, -0.2) is 0 Å². The molecule has 0 aromatic heterocycles. The first-order valence-corrected chi connectivity index (χ1v) is 11.2. The first-order chi connectivity index (χ1) is 12.5. The summed E-state index contributed by atoms with van der Waals surface area (Å²) >= 11 is 0. The van der Waals surface area contributed by atoms with Crippen LogP contribution in [0.2, 0.25) is 0 Å². The van der Waals surface area contributed by atoms with Gasteiger partial charge in [-0.05, 0) is 70.5 Å². The number of hydrogen-bond acceptors (Lipinski definition) is 3. The van der Waals surface area contributed by atoms with Crippen LogP contribution in [-0.4, -0.2) is 48.0 Å². The van der Waals surface area contributed by atoms with Crippen molar-refractivity contribution in [2.45, 2.75) is 89.8 Å². The van der Waals surface area contributed by atoms with Gasteiger partial charge in [0.25, 0.3) is 0 Å². The molecule has 0 spiro atoms. The van der Waals surface area contributed by atoms with E-state index in [0.717, 1.165) is 25.2 Å². The van der Waals surface area contributed by atoms with E-state index in [1.807, 2.05) is 6.08 Å². The molecule has 2 rings (SSSR count). The Hall–Kier alpha value is -0.380. The minimum Gasteiger partial charge on any atom is -0.392 e. The van der Waals surface area contributed by atoms with E-state index in [4.69, 9.17) is 0 Å². The second-order valence-electron chi connectivity index (χ2n) is 9.24. The average Bonchev–Trinajstić information content (AvgIpc) is 3.09. The fourth-order valence-corrected chi connectivity index (χ4v) is 5.27. The lowest BCUT2D eigenvalue weighted by Crippen LogP contribution is -2.18. The molecule has 2 saturated carbocycles. The van der Waals surface area contributed by atoms with Crippen LogP contribution in [0.5, 0.6) is 0 Å². The maximum absolute atomic E-state index is 10.5. The summed E-state index contributed by atoms with van der Waals surface area (Å²) in [7, 11) is 4.30. The van der Waals surface area contributed by atoms with E-state index < -0.39 is 0 Å². The maximum Gasteiger partial charge on any atom is 0.0721 e. The Balaban J connectivity index is 1.72. The second-order valence-corrected chi connectivity index (χ2v) is 9.24. The Morgan fingerprint density at radius 2 is 1.85 bits per heavy atom. The Labute approximate surface area is 161 Å². The third-order valence-corrected chi connectivity index (χ3v) is 6.71. The molecule has 0 amide bonds. The van der Waals surface area contributed by atoms with Crippen LogP contribution in [0.1, 0.15) is 77.6 Å². The largest absolute Gasteiger partial charge is 0.392 e. The van der Waals surface area contributed by atoms with Crippen molar-refractivity contribution in [3.8, 4) is 0 Å². The molecule has 2 fully saturated rings. The first-order valence-electron chi connectivity index (χ1n) is 11.2. The number of aliphatic hydroxyl groups excluding tert-OH is 2. The lowest BCUT2D eigenvalue weighted by atomic mass is 9.89. The van der Waals surface area contributed by atoms with Gasteiger partial charge in [-0.1, -0.05) is 57.6 Å². The molecule has 2 aliphatic carbocycles. The first kappa shape index (κ1) is 21.9. The van der Waals surface area contributed by atoms with E-state index in [-0.39, 0.29) is 18.1 Å². The molecular formula is C23H43NO2. The third kappa shape index (κ3) is 6.98. The number of aliphatic hydroxyl groups is 2. The summed E-state index contributed by atoms with van der Waals surface area (Å²) in [4.78, 5) is 2.27. The van der Waals surface area contributed by atoms with Crippen molar-refractivity contribution in [3.05, 3.63) is 12.2 Å². The quantitative estimate of drug-likeness (QED) is 0.391. The van der Waals surface area contributed by atoms with Gasteiger partial charge in [0.1, 0.15) is 0 Å². The highest BCUT2D eigenvalue weighted by atomic mass is 16.3. The summed E-state index contributed by atoms with van der Waals surface area (Å²) in [6.07, 6.45) is 16.9. The van der Waals surface area contributed by atoms with Gasteiger partial charge in [0, 0.05) is 5.92 Å². The van der Waals surface area contributed by atoms with Gasteiger partial charge in [0.15, 0.2) is 0 Å². The van der Waals surface area contributed by atoms with Crippen molar-refractivity contribution < 1.29 is 10.2 Å². The summed E-state index contributed by atoms with van der Waals surface area (Å²) in [5.41, 5.74) is 0. The number of rotatable bonds is 12. The highest BCUT2D eigenvalue weighted by molar-refractivity contribution is 5.06. The predicted molar refractivity (Wildman–Crippen MR) is 110 cm³/mol. The van der Waals surface area contributed by atoms with E-state index in [1.165, 1.54) is 57.9 Å². The van der Waals surface area contributed by atoms with Crippen LogP contribution in [0, 0.1) is 23.7 Å². The highest BCUT2D eigenvalue weighted by Crippen LogP contribution is 2.51. The standard InChI is InChI=1S/C23H43NO2/c1-4-5-7-11-20(25)12-13-21-22-16-18(15-19(22)17-23(21)26)10-8-6-9-14-24(2)3/h12-13,18-23,25-26H,4-11,14-17H2,1-3H3/b13-12+/t18-,19+,20+,21-,22+,23-/m1/s1. The summed E-state index contributed by atoms with van der Waals surface area (Å²) in [5, 5.41) is 20.6. The molecule has 0 aliphatic heterocycles. The minimum absolute atomic E-state index is 0.190. The zero-order chi connectivity index (χ0) is 18.9. The molecule has 0 bridgehead atoms. The van der Waals surface area contributed by atoms with Gasteiger partial charge >= 0.3 is 0 Å². The zero-order valence-electron chi connectivity index (χ0n) is 17.4. The zero-order valence-corrected chi connectivity index (χ0v) is 17.4. The van der Waals surface area contributed by atoms with Crippen LogP contribution in [-0.2, 0) is 0 Å². The van der Waals surface area contributed by atoms with E-state index in [2.05, 4.69) is 32.0 Å². The topological polar surface area (TPSA) is 43.7 Å². The van der Waals surface area contributed by atoms with Crippen LogP contribution < -0.4 is 0 Å². The fourth-order valence-electron chi connectivity index (χ4n) is 5.27. The van der Waals surface area contributed by atoms with Crippen molar-refractivity contribution >= 4 is 0 Å². The number of unbranched alkanes of at least 4 members (excludes halogenated alkanes) is 4. The molecule has 26 heavy (non-hydrogen) atoms. The molecular weight excluding hydrogens is 322 g/mol. The van der Waals surface area contributed by atoms with Crippen molar-refractivity contribution in [2.24, 2.45) is 23.7 Å². The van der Waals surface area contributed by atoms with Gasteiger partial charge in [0.2, 0.25) is 0 Å². The molecule has 6 atom stereocenters. The molecule has 2 aliphatic rings. The van der Waals surface area contributed by atoms with Crippen molar-refractivity contribution in [3.63, 3.8) is 0 Å². The normalized spacial score (nSPS) is 32.6. The molecule has 0 unspecified atom stereocenters. The van der Waals surface area contributed by atoms with Crippen LogP contribution in [0.25, 0.3) is 0 Å². The second kappa shape index (κ2) is 11.5. The monoisotopic (exact) mass is 365 g/mol. The Morgan fingerprint density at radius 3 is 2.58 bits per heavy atom. The average molecular weight is 366 g/mol. The lowest BCUT2D eigenvalue weighted by Gasteiger charge is -2.19. The molecule has 0 heterocycles. The van der Waals surface area contributed by atoms with Crippen molar-refractivity contribution in [1.29, 1.82) is 0 Å². The summed E-state index contributed by atoms with van der Waals surface area (Å²) < 4.78 is 0. The van der Waals surface area contributed by atoms with Gasteiger partial charge < -0.3 is 15.1 Å². The molecule has 152 valence electrons. The summed E-state index contributed by atoms with van der Waals surface area (Å²) in [6, 6.07) is 0. The minimum atomic E-state index is -0.332.